The van der Waals surface area contributed by atoms with E-state index in [-0.39, 0.29) is 24.8 Å². The number of hydrogen-bond acceptors (Lipinski definition) is 3. The second-order valence-electron chi connectivity index (χ2n) is 6.61. The molecule has 2 atom stereocenters. The number of aliphatic hydroxyl groups is 1. The maximum Gasteiger partial charge on any atom is 0.315 e. The number of aliphatic hydroxyl groups excluding tert-OH is 1. The van der Waals surface area contributed by atoms with Crippen LogP contribution >= 0.6 is 11.6 Å². The molecule has 0 bridgehead atoms. The molecule has 0 aliphatic rings. The van der Waals surface area contributed by atoms with Crippen LogP contribution in [0, 0.1) is 5.82 Å². The lowest BCUT2D eigenvalue weighted by molar-refractivity contribution is -0.123. The third-order valence-electron chi connectivity index (χ3n) is 4.29. The van der Waals surface area contributed by atoms with Crippen LogP contribution in [0.3, 0.4) is 0 Å². The maximum atomic E-state index is 12.9. The van der Waals surface area contributed by atoms with E-state index in [9.17, 15) is 19.1 Å². The molecule has 0 saturated carbocycles. The van der Waals surface area contributed by atoms with Gasteiger partial charge in [0.15, 0.2) is 0 Å². The summed E-state index contributed by atoms with van der Waals surface area (Å²) in [5.41, 5.74) is 1.37. The predicted molar refractivity (Wildman–Crippen MR) is 110 cm³/mol. The molecule has 0 saturated heterocycles. The fourth-order valence-electron chi connectivity index (χ4n) is 2.67. The van der Waals surface area contributed by atoms with Crippen LogP contribution in [0.4, 0.5) is 9.18 Å². The fraction of sp³-hybridized carbons (Fsp3) is 0.333. The average Bonchev–Trinajstić information content (AvgIpc) is 2.71. The largest absolute Gasteiger partial charge is 0.387 e. The van der Waals surface area contributed by atoms with Gasteiger partial charge in [-0.2, -0.15) is 0 Å². The quantitative estimate of drug-likeness (QED) is 0.500. The third kappa shape index (κ3) is 7.71. The number of benzene rings is 2. The van der Waals surface area contributed by atoms with Crippen LogP contribution in [0.2, 0.25) is 5.02 Å². The van der Waals surface area contributed by atoms with E-state index >= 15 is 0 Å². The Bertz CT molecular complexity index is 800. The summed E-state index contributed by atoms with van der Waals surface area (Å²) in [7, 11) is 0. The smallest absolute Gasteiger partial charge is 0.315 e. The minimum Gasteiger partial charge on any atom is -0.387 e. The van der Waals surface area contributed by atoms with Crippen molar-refractivity contribution in [1.29, 1.82) is 0 Å². The van der Waals surface area contributed by atoms with Crippen molar-refractivity contribution in [1.82, 2.24) is 16.0 Å². The van der Waals surface area contributed by atoms with E-state index in [2.05, 4.69) is 16.0 Å². The summed E-state index contributed by atoms with van der Waals surface area (Å²) in [6.07, 6.45) is 0.258. The van der Waals surface area contributed by atoms with Crippen molar-refractivity contribution in [2.75, 3.05) is 6.54 Å². The van der Waals surface area contributed by atoms with Gasteiger partial charge in [-0.3, -0.25) is 4.79 Å². The van der Waals surface area contributed by atoms with Crippen molar-refractivity contribution in [3.63, 3.8) is 0 Å². The van der Waals surface area contributed by atoms with E-state index in [1.165, 1.54) is 12.1 Å². The Hall–Kier alpha value is -2.64. The van der Waals surface area contributed by atoms with Gasteiger partial charge in [0.25, 0.3) is 0 Å². The Morgan fingerprint density at radius 3 is 2.34 bits per heavy atom. The standard InChI is InChI=1S/C21H25ClFN3O3/c1-2-3-18(26-21(29)25-12-14-4-10-17(23)11-5-14)20(28)24-13-19(27)15-6-8-16(22)9-7-15/h4-11,18-19,27H,2-3,12-13H2,1H3,(H,24,28)(H2,25,26,29). The number of carbonyl (C=O) groups excluding carboxylic acids is 2. The molecular weight excluding hydrogens is 397 g/mol. The number of carbonyl (C=O) groups is 2. The van der Waals surface area contributed by atoms with Crippen molar-refractivity contribution in [2.45, 2.75) is 38.5 Å². The number of nitrogens with one attached hydrogen (secondary N) is 3. The van der Waals surface area contributed by atoms with Gasteiger partial charge in [0.05, 0.1) is 6.10 Å². The molecule has 0 heterocycles. The van der Waals surface area contributed by atoms with E-state index in [0.717, 1.165) is 5.56 Å². The molecule has 2 rings (SSSR count). The topological polar surface area (TPSA) is 90.5 Å². The SMILES string of the molecule is CCCC(NC(=O)NCc1ccc(F)cc1)C(=O)NCC(O)c1ccc(Cl)cc1. The first-order chi connectivity index (χ1) is 13.9. The first kappa shape index (κ1) is 22.6. The Morgan fingerprint density at radius 2 is 1.72 bits per heavy atom. The van der Waals surface area contributed by atoms with Gasteiger partial charge < -0.3 is 21.1 Å². The van der Waals surface area contributed by atoms with E-state index < -0.39 is 18.2 Å². The maximum absolute atomic E-state index is 12.9. The fourth-order valence-corrected chi connectivity index (χ4v) is 2.80. The molecule has 8 heteroatoms. The minimum atomic E-state index is -0.884. The first-order valence-electron chi connectivity index (χ1n) is 9.39. The van der Waals surface area contributed by atoms with Gasteiger partial charge in [0, 0.05) is 18.1 Å². The highest BCUT2D eigenvalue weighted by atomic mass is 35.5. The highest BCUT2D eigenvalue weighted by Crippen LogP contribution is 2.15. The van der Waals surface area contributed by atoms with Crippen molar-refractivity contribution >= 4 is 23.5 Å². The Balaban J connectivity index is 1.83. The summed E-state index contributed by atoms with van der Waals surface area (Å²) < 4.78 is 12.9. The van der Waals surface area contributed by atoms with Crippen molar-refractivity contribution in [3.05, 3.63) is 70.5 Å². The lowest BCUT2D eigenvalue weighted by Gasteiger charge is -2.20. The number of urea groups is 1. The molecule has 0 aliphatic carbocycles. The summed E-state index contributed by atoms with van der Waals surface area (Å²) in [4.78, 5) is 24.6. The van der Waals surface area contributed by atoms with Crippen molar-refractivity contribution in [3.8, 4) is 0 Å². The van der Waals surface area contributed by atoms with Crippen LogP contribution in [0.25, 0.3) is 0 Å². The summed E-state index contributed by atoms with van der Waals surface area (Å²) in [6.45, 7) is 2.13. The van der Waals surface area contributed by atoms with Gasteiger partial charge in [-0.25, -0.2) is 9.18 Å². The molecular formula is C21H25ClFN3O3. The summed E-state index contributed by atoms with van der Waals surface area (Å²) in [5.74, 6) is -0.726. The molecule has 2 aromatic rings. The Labute approximate surface area is 174 Å². The zero-order chi connectivity index (χ0) is 21.2. The van der Waals surface area contributed by atoms with Crippen molar-refractivity contribution in [2.24, 2.45) is 0 Å². The predicted octanol–water partition coefficient (Wildman–Crippen LogP) is 3.30. The van der Waals surface area contributed by atoms with Crippen LogP contribution in [0.5, 0.6) is 0 Å². The monoisotopic (exact) mass is 421 g/mol. The molecule has 2 aromatic carbocycles. The molecule has 0 fully saturated rings. The number of halogens is 2. The third-order valence-corrected chi connectivity index (χ3v) is 4.54. The summed E-state index contributed by atoms with van der Waals surface area (Å²) >= 11 is 5.83. The number of amides is 3. The van der Waals surface area contributed by atoms with Crippen LogP contribution in [0.15, 0.2) is 48.5 Å². The second-order valence-corrected chi connectivity index (χ2v) is 7.04. The minimum absolute atomic E-state index is 0.0135. The normalized spacial score (nSPS) is 12.7. The van der Waals surface area contributed by atoms with Gasteiger partial charge in [0.1, 0.15) is 11.9 Å². The van der Waals surface area contributed by atoms with E-state index in [4.69, 9.17) is 11.6 Å². The molecule has 0 spiro atoms. The molecule has 4 N–H and O–H groups in total. The average molecular weight is 422 g/mol. The lowest BCUT2D eigenvalue weighted by atomic mass is 10.1. The Morgan fingerprint density at radius 1 is 1.07 bits per heavy atom. The number of rotatable bonds is 9. The van der Waals surface area contributed by atoms with Gasteiger partial charge in [-0.05, 0) is 41.8 Å². The molecule has 6 nitrogen and oxygen atoms in total. The Kier molecular flexibility index (Phi) is 8.89. The first-order valence-corrected chi connectivity index (χ1v) is 9.77. The lowest BCUT2D eigenvalue weighted by Crippen LogP contribution is -2.50. The van der Waals surface area contributed by atoms with Crippen LogP contribution in [-0.2, 0) is 11.3 Å². The van der Waals surface area contributed by atoms with E-state index in [0.29, 0.717) is 23.4 Å². The van der Waals surface area contributed by atoms with Crippen LogP contribution in [-0.4, -0.2) is 29.6 Å². The van der Waals surface area contributed by atoms with Gasteiger partial charge in [0.2, 0.25) is 5.91 Å². The van der Waals surface area contributed by atoms with E-state index in [1.54, 1.807) is 36.4 Å². The molecule has 156 valence electrons. The molecule has 3 amide bonds. The number of hydrogen-bond donors (Lipinski definition) is 4. The second kappa shape index (κ2) is 11.4. The summed E-state index contributed by atoms with van der Waals surface area (Å²) in [6, 6.07) is 11.2. The van der Waals surface area contributed by atoms with Gasteiger partial charge in [-0.1, -0.05) is 49.2 Å². The highest BCUT2D eigenvalue weighted by molar-refractivity contribution is 6.30. The highest BCUT2D eigenvalue weighted by Gasteiger charge is 2.20. The van der Waals surface area contributed by atoms with Crippen LogP contribution in [0.1, 0.15) is 37.0 Å². The summed E-state index contributed by atoms with van der Waals surface area (Å²) in [5, 5.41) is 18.7. The van der Waals surface area contributed by atoms with E-state index in [1.807, 2.05) is 6.92 Å². The molecule has 0 radical (unpaired) electrons. The molecule has 0 aliphatic heterocycles. The van der Waals surface area contributed by atoms with Gasteiger partial charge >= 0.3 is 6.03 Å². The van der Waals surface area contributed by atoms with Crippen molar-refractivity contribution < 1.29 is 19.1 Å². The molecule has 2 unspecified atom stereocenters. The molecule has 0 aromatic heterocycles. The molecule has 29 heavy (non-hydrogen) atoms. The zero-order valence-electron chi connectivity index (χ0n) is 16.1. The zero-order valence-corrected chi connectivity index (χ0v) is 16.9. The van der Waals surface area contributed by atoms with Gasteiger partial charge in [-0.15, -0.1) is 0 Å². The van der Waals surface area contributed by atoms with Crippen LogP contribution < -0.4 is 16.0 Å².